The average molecular weight is 385 g/mol. The second kappa shape index (κ2) is 6.55. The van der Waals surface area contributed by atoms with Gasteiger partial charge in [0.15, 0.2) is 0 Å². The maximum atomic E-state index is 13.2. The first-order chi connectivity index (χ1) is 12.1. The lowest BCUT2D eigenvalue weighted by atomic mass is 10.0. The molecule has 0 bridgehead atoms. The molecule has 1 saturated carbocycles. The number of halogens is 3. The van der Waals surface area contributed by atoms with Crippen molar-refractivity contribution in [1.82, 2.24) is 4.98 Å². The molecule has 1 aliphatic rings. The number of rotatable bonds is 5. The van der Waals surface area contributed by atoms with Crippen molar-refractivity contribution < 1.29 is 21.6 Å². The van der Waals surface area contributed by atoms with E-state index in [9.17, 15) is 21.6 Å². The second-order valence-electron chi connectivity index (χ2n) is 6.29. The van der Waals surface area contributed by atoms with E-state index in [4.69, 9.17) is 5.73 Å². The van der Waals surface area contributed by atoms with E-state index in [1.807, 2.05) is 0 Å². The van der Waals surface area contributed by atoms with Crippen molar-refractivity contribution in [2.75, 3.05) is 10.5 Å². The summed E-state index contributed by atoms with van der Waals surface area (Å²) in [6.45, 7) is 1.40. The fourth-order valence-corrected chi connectivity index (χ4v) is 3.26. The Balaban J connectivity index is 1.99. The minimum Gasteiger partial charge on any atom is -0.327 e. The van der Waals surface area contributed by atoms with Crippen LogP contribution in [0.2, 0.25) is 0 Å². The number of nitrogens with one attached hydrogen (secondary N) is 1. The largest absolute Gasteiger partial charge is 0.416 e. The van der Waals surface area contributed by atoms with E-state index in [0.717, 1.165) is 24.1 Å². The molecular formula is C17H18F3N3O2S. The molecule has 0 radical (unpaired) electrons. The van der Waals surface area contributed by atoms with E-state index < -0.39 is 21.8 Å². The van der Waals surface area contributed by atoms with Crippen molar-refractivity contribution in [2.45, 2.75) is 31.5 Å². The predicted octanol–water partition coefficient (Wildman–Crippen LogP) is 3.34. The highest BCUT2D eigenvalue weighted by Crippen LogP contribution is 2.39. The van der Waals surface area contributed by atoms with Gasteiger partial charge in [-0.05, 0) is 43.2 Å². The minimum atomic E-state index is -4.61. The number of hydrogen-bond acceptors (Lipinski definition) is 4. The van der Waals surface area contributed by atoms with Crippen molar-refractivity contribution >= 4 is 15.7 Å². The molecule has 1 heterocycles. The number of aromatic nitrogens is 1. The summed E-state index contributed by atoms with van der Waals surface area (Å²) in [7, 11) is -3.70. The number of alkyl halides is 3. The van der Waals surface area contributed by atoms with Gasteiger partial charge < -0.3 is 5.73 Å². The molecule has 3 rings (SSSR count). The molecule has 26 heavy (non-hydrogen) atoms. The Morgan fingerprint density at radius 1 is 1.27 bits per heavy atom. The van der Waals surface area contributed by atoms with Crippen molar-refractivity contribution in [1.29, 1.82) is 0 Å². The van der Waals surface area contributed by atoms with Gasteiger partial charge in [0.2, 0.25) is 10.0 Å². The molecule has 0 unspecified atom stereocenters. The lowest BCUT2D eigenvalue weighted by Crippen LogP contribution is -2.15. The van der Waals surface area contributed by atoms with Gasteiger partial charge in [-0.15, -0.1) is 0 Å². The van der Waals surface area contributed by atoms with Gasteiger partial charge >= 0.3 is 6.18 Å². The molecule has 1 aliphatic carbocycles. The monoisotopic (exact) mass is 385 g/mol. The number of hydrogen-bond donors (Lipinski definition) is 2. The Morgan fingerprint density at radius 3 is 2.46 bits per heavy atom. The molecule has 0 amide bonds. The number of nitrogens with zero attached hydrogens (tertiary/aromatic N) is 1. The number of benzene rings is 1. The fraction of sp³-hybridized carbons (Fsp3) is 0.353. The summed E-state index contributed by atoms with van der Waals surface area (Å²) in [5, 5.41) is 0. The van der Waals surface area contributed by atoms with Gasteiger partial charge in [-0.3, -0.25) is 9.71 Å². The van der Waals surface area contributed by atoms with Gasteiger partial charge in [-0.25, -0.2) is 8.42 Å². The molecule has 1 aromatic heterocycles. The smallest absolute Gasteiger partial charge is 0.327 e. The Morgan fingerprint density at radius 2 is 1.96 bits per heavy atom. The highest BCUT2D eigenvalue weighted by molar-refractivity contribution is 7.92. The third-order valence-electron chi connectivity index (χ3n) is 4.26. The van der Waals surface area contributed by atoms with E-state index in [1.54, 1.807) is 18.3 Å². The lowest BCUT2D eigenvalue weighted by Gasteiger charge is -2.13. The van der Waals surface area contributed by atoms with Crippen molar-refractivity contribution in [3.05, 3.63) is 47.7 Å². The number of nitrogens with two attached hydrogens (primary N) is 1. The maximum absolute atomic E-state index is 13.2. The summed E-state index contributed by atoms with van der Waals surface area (Å²) in [5.41, 5.74) is 6.15. The van der Waals surface area contributed by atoms with Crippen LogP contribution in [0.15, 0.2) is 36.5 Å². The lowest BCUT2D eigenvalue weighted by molar-refractivity contribution is -0.137. The third kappa shape index (κ3) is 4.16. The quantitative estimate of drug-likeness (QED) is 0.827. The van der Waals surface area contributed by atoms with Crippen LogP contribution in [-0.2, 0) is 16.2 Å². The van der Waals surface area contributed by atoms with Crippen LogP contribution in [0.1, 0.15) is 30.4 Å². The Hall–Kier alpha value is -2.13. The minimum absolute atomic E-state index is 0.103. The van der Waals surface area contributed by atoms with E-state index in [0.29, 0.717) is 5.69 Å². The number of sulfonamides is 1. The first-order valence-corrected chi connectivity index (χ1v) is 9.69. The molecule has 0 saturated heterocycles. The summed E-state index contributed by atoms with van der Waals surface area (Å²) in [5.74, 6) is -0.00216. The van der Waals surface area contributed by atoms with E-state index in [2.05, 4.69) is 9.71 Å². The Kier molecular flexibility index (Phi) is 4.70. The van der Waals surface area contributed by atoms with Gasteiger partial charge in [0.1, 0.15) is 0 Å². The van der Waals surface area contributed by atoms with Gasteiger partial charge in [0.05, 0.1) is 17.0 Å². The van der Waals surface area contributed by atoms with Crippen LogP contribution < -0.4 is 10.5 Å². The topological polar surface area (TPSA) is 85.1 Å². The third-order valence-corrected chi connectivity index (χ3v) is 5.57. The molecule has 1 aromatic carbocycles. The fourth-order valence-electron chi connectivity index (χ4n) is 2.64. The summed E-state index contributed by atoms with van der Waals surface area (Å²) >= 11 is 0. The zero-order valence-electron chi connectivity index (χ0n) is 13.9. The highest BCUT2D eigenvalue weighted by Gasteiger charge is 2.35. The predicted molar refractivity (Wildman–Crippen MR) is 93.1 cm³/mol. The van der Waals surface area contributed by atoms with E-state index >= 15 is 0 Å². The van der Waals surface area contributed by atoms with E-state index in [-0.39, 0.29) is 29.0 Å². The molecule has 0 spiro atoms. The van der Waals surface area contributed by atoms with Crippen LogP contribution in [0.3, 0.4) is 0 Å². The first-order valence-electron chi connectivity index (χ1n) is 8.04. The summed E-state index contributed by atoms with van der Waals surface area (Å²) in [6.07, 6.45) is -2.14. The normalized spacial score (nSPS) is 20.0. The zero-order chi connectivity index (χ0) is 19.1. The van der Waals surface area contributed by atoms with Gasteiger partial charge in [0.25, 0.3) is 0 Å². The SMILES string of the molecule is CCS(=O)(=O)Nc1cc(-c2ccc([C@@H]3C[C@H]3N)cn2)cc(C(F)(F)F)c1. The van der Waals surface area contributed by atoms with Crippen LogP contribution in [-0.4, -0.2) is 25.2 Å². The second-order valence-corrected chi connectivity index (χ2v) is 8.30. The molecule has 2 atom stereocenters. The molecule has 5 nitrogen and oxygen atoms in total. The highest BCUT2D eigenvalue weighted by atomic mass is 32.2. The van der Waals surface area contributed by atoms with Crippen LogP contribution in [0.5, 0.6) is 0 Å². The molecular weight excluding hydrogens is 367 g/mol. The summed E-state index contributed by atoms with van der Waals surface area (Å²) < 4.78 is 65.2. The molecule has 9 heteroatoms. The van der Waals surface area contributed by atoms with Gasteiger partial charge in [-0.1, -0.05) is 6.07 Å². The van der Waals surface area contributed by atoms with Gasteiger partial charge in [-0.2, -0.15) is 13.2 Å². The van der Waals surface area contributed by atoms with Crippen molar-refractivity contribution in [3.63, 3.8) is 0 Å². The number of pyridine rings is 1. The van der Waals surface area contributed by atoms with Crippen LogP contribution in [0.25, 0.3) is 11.3 Å². The number of anilines is 1. The van der Waals surface area contributed by atoms with Crippen molar-refractivity contribution in [2.24, 2.45) is 5.73 Å². The summed E-state index contributed by atoms with van der Waals surface area (Å²) in [6, 6.07) is 6.58. The Bertz CT molecular complexity index is 912. The standard InChI is InChI=1S/C17H18F3N3O2S/c1-2-26(24,25)23-13-6-11(5-12(7-13)17(18,19)20)16-4-3-10(9-22-16)14-8-15(14)21/h3-7,9,14-15,23H,2,8,21H2,1H3/t14-,15+/m0/s1. The van der Waals surface area contributed by atoms with Gasteiger partial charge in [0, 0.05) is 29.4 Å². The van der Waals surface area contributed by atoms with E-state index in [1.165, 1.54) is 13.0 Å². The molecule has 140 valence electrons. The Labute approximate surface area is 149 Å². The first kappa shape index (κ1) is 18.7. The molecule has 2 aromatic rings. The van der Waals surface area contributed by atoms with Crippen molar-refractivity contribution in [3.8, 4) is 11.3 Å². The van der Waals surface area contributed by atoms with Crippen LogP contribution >= 0.6 is 0 Å². The summed E-state index contributed by atoms with van der Waals surface area (Å²) in [4.78, 5) is 4.23. The molecule has 3 N–H and O–H groups in total. The molecule has 1 fully saturated rings. The maximum Gasteiger partial charge on any atom is 0.416 e. The molecule has 0 aliphatic heterocycles. The van der Waals surface area contributed by atoms with Crippen LogP contribution in [0.4, 0.5) is 18.9 Å². The zero-order valence-corrected chi connectivity index (χ0v) is 14.7. The average Bonchev–Trinajstić information content (AvgIpc) is 3.30. The van der Waals surface area contributed by atoms with Crippen LogP contribution in [0, 0.1) is 0 Å².